The molecule has 0 spiro atoms. The van der Waals surface area contributed by atoms with Crippen molar-refractivity contribution in [3.05, 3.63) is 57.0 Å². The first-order chi connectivity index (χ1) is 14.1. The minimum atomic E-state index is -0.567. The molecule has 3 N–H and O–H groups in total. The second kappa shape index (κ2) is 7.12. The standard InChI is InChI=1S/C22H23N3O5/c1-11(12-4-5-18-15(6-12)24-19(27)10-30-18)23-20(28)14-7-13-16(25-21(14)29)8-22(2,3)9-17(13)26/h4-7,11H,8-10H2,1-3H3,(H,23,28)(H,24,27)(H,25,29). The van der Waals surface area contributed by atoms with E-state index in [1.807, 2.05) is 13.8 Å². The first-order valence-corrected chi connectivity index (χ1v) is 9.80. The van der Waals surface area contributed by atoms with Crippen LogP contribution in [0.25, 0.3) is 0 Å². The quantitative estimate of drug-likeness (QED) is 0.719. The van der Waals surface area contributed by atoms with E-state index in [1.54, 1.807) is 25.1 Å². The number of amides is 2. The first kappa shape index (κ1) is 19.9. The van der Waals surface area contributed by atoms with Crippen molar-refractivity contribution in [2.24, 2.45) is 5.41 Å². The van der Waals surface area contributed by atoms with Gasteiger partial charge in [0.25, 0.3) is 17.4 Å². The van der Waals surface area contributed by atoms with Gasteiger partial charge in [-0.05, 0) is 42.5 Å². The van der Waals surface area contributed by atoms with Crippen molar-refractivity contribution in [3.8, 4) is 5.75 Å². The van der Waals surface area contributed by atoms with E-state index >= 15 is 0 Å². The van der Waals surface area contributed by atoms with Crippen LogP contribution in [-0.2, 0) is 11.2 Å². The molecule has 0 radical (unpaired) electrons. The Morgan fingerprint density at radius 1 is 1.17 bits per heavy atom. The normalized spacial score (nSPS) is 17.8. The Hall–Kier alpha value is -3.42. The molecule has 0 bridgehead atoms. The number of ether oxygens (including phenoxy) is 1. The number of hydrogen-bond acceptors (Lipinski definition) is 5. The van der Waals surface area contributed by atoms with Gasteiger partial charge in [-0.25, -0.2) is 0 Å². The summed E-state index contributed by atoms with van der Waals surface area (Å²) in [7, 11) is 0. The largest absolute Gasteiger partial charge is 0.482 e. The fourth-order valence-electron chi connectivity index (χ4n) is 3.92. The molecule has 30 heavy (non-hydrogen) atoms. The van der Waals surface area contributed by atoms with Crippen molar-refractivity contribution < 1.29 is 19.1 Å². The van der Waals surface area contributed by atoms with E-state index in [-0.39, 0.29) is 29.3 Å². The van der Waals surface area contributed by atoms with Crippen LogP contribution < -0.4 is 20.9 Å². The number of ketones is 1. The summed E-state index contributed by atoms with van der Waals surface area (Å²) in [5.41, 5.74) is 1.41. The summed E-state index contributed by atoms with van der Waals surface area (Å²) in [4.78, 5) is 52.0. The molecule has 156 valence electrons. The molecule has 2 amide bonds. The number of benzene rings is 1. The molecule has 1 aromatic heterocycles. The molecule has 1 aliphatic heterocycles. The number of pyridine rings is 1. The molecule has 1 aromatic carbocycles. The maximum atomic E-state index is 12.8. The van der Waals surface area contributed by atoms with Gasteiger partial charge in [-0.2, -0.15) is 0 Å². The maximum Gasteiger partial charge on any atom is 0.262 e. The van der Waals surface area contributed by atoms with Crippen LogP contribution in [0, 0.1) is 5.41 Å². The number of aromatic amines is 1. The third kappa shape index (κ3) is 3.72. The van der Waals surface area contributed by atoms with Crippen LogP contribution in [-0.4, -0.2) is 29.2 Å². The lowest BCUT2D eigenvalue weighted by Gasteiger charge is -2.29. The number of Topliss-reactive ketones (excluding diaryl/α,β-unsaturated/α-hetero) is 1. The van der Waals surface area contributed by atoms with E-state index in [0.717, 1.165) is 5.56 Å². The number of hydrogen-bond donors (Lipinski definition) is 3. The summed E-state index contributed by atoms with van der Waals surface area (Å²) in [5.74, 6) is -0.332. The summed E-state index contributed by atoms with van der Waals surface area (Å²) in [6, 6.07) is 6.18. The van der Waals surface area contributed by atoms with Gasteiger partial charge in [0.05, 0.1) is 11.7 Å². The molecule has 8 nitrogen and oxygen atoms in total. The van der Waals surface area contributed by atoms with Crippen molar-refractivity contribution in [1.29, 1.82) is 0 Å². The van der Waals surface area contributed by atoms with Crippen LogP contribution in [0.5, 0.6) is 5.75 Å². The molecular formula is C22H23N3O5. The minimum absolute atomic E-state index is 0.0321. The van der Waals surface area contributed by atoms with Crippen molar-refractivity contribution in [2.75, 3.05) is 11.9 Å². The summed E-state index contributed by atoms with van der Waals surface area (Å²) >= 11 is 0. The summed E-state index contributed by atoms with van der Waals surface area (Å²) in [6.07, 6.45) is 0.941. The molecule has 1 atom stereocenters. The summed E-state index contributed by atoms with van der Waals surface area (Å²) in [5, 5.41) is 5.51. The highest BCUT2D eigenvalue weighted by atomic mass is 16.5. The number of anilines is 1. The summed E-state index contributed by atoms with van der Waals surface area (Å²) in [6.45, 7) is 5.68. The lowest BCUT2D eigenvalue weighted by atomic mass is 9.75. The SMILES string of the molecule is CC(NC(=O)c1cc2c([nH]c1=O)CC(C)(C)CC2=O)c1ccc2c(c1)NC(=O)CO2. The molecule has 0 fully saturated rings. The van der Waals surface area contributed by atoms with E-state index in [0.29, 0.717) is 35.5 Å². The highest BCUT2D eigenvalue weighted by molar-refractivity contribution is 6.02. The molecule has 4 rings (SSSR count). The Bertz CT molecular complexity index is 1130. The predicted octanol–water partition coefficient (Wildman–Crippen LogP) is 2.35. The van der Waals surface area contributed by atoms with E-state index in [1.165, 1.54) is 6.07 Å². The van der Waals surface area contributed by atoms with Crippen molar-refractivity contribution in [1.82, 2.24) is 10.3 Å². The molecule has 2 aliphatic rings. The highest BCUT2D eigenvalue weighted by Crippen LogP contribution is 2.33. The van der Waals surface area contributed by atoms with Gasteiger partial charge in [0.1, 0.15) is 11.3 Å². The molecule has 8 heteroatoms. The number of fused-ring (bicyclic) bond motifs is 2. The van der Waals surface area contributed by atoms with Crippen molar-refractivity contribution >= 4 is 23.3 Å². The lowest BCUT2D eigenvalue weighted by molar-refractivity contribution is -0.118. The molecular weight excluding hydrogens is 386 g/mol. The van der Waals surface area contributed by atoms with Gasteiger partial charge in [-0.1, -0.05) is 19.9 Å². The van der Waals surface area contributed by atoms with Crippen LogP contribution in [0.1, 0.15) is 65.2 Å². The van der Waals surface area contributed by atoms with E-state index in [2.05, 4.69) is 15.6 Å². The number of carbonyl (C=O) groups is 3. The molecule has 0 saturated carbocycles. The zero-order valence-electron chi connectivity index (χ0n) is 17.0. The lowest BCUT2D eigenvalue weighted by Crippen LogP contribution is -2.35. The molecule has 1 unspecified atom stereocenters. The number of H-pyrrole nitrogens is 1. The van der Waals surface area contributed by atoms with Gasteiger partial charge < -0.3 is 20.4 Å². The third-order valence-corrected chi connectivity index (χ3v) is 5.45. The van der Waals surface area contributed by atoms with Gasteiger partial charge in [-0.15, -0.1) is 0 Å². The van der Waals surface area contributed by atoms with Crippen LogP contribution in [0.3, 0.4) is 0 Å². The zero-order chi connectivity index (χ0) is 21.6. The van der Waals surface area contributed by atoms with Gasteiger partial charge >= 0.3 is 0 Å². The Morgan fingerprint density at radius 2 is 1.93 bits per heavy atom. The van der Waals surface area contributed by atoms with E-state index in [4.69, 9.17) is 4.74 Å². The maximum absolute atomic E-state index is 12.8. The Kier molecular flexibility index (Phi) is 4.72. The van der Waals surface area contributed by atoms with Crippen LogP contribution >= 0.6 is 0 Å². The predicted molar refractivity (Wildman–Crippen MR) is 110 cm³/mol. The Labute approximate surface area is 173 Å². The average molecular weight is 409 g/mol. The number of nitrogens with one attached hydrogen (secondary N) is 3. The number of aromatic nitrogens is 1. The topological polar surface area (TPSA) is 117 Å². The smallest absolute Gasteiger partial charge is 0.262 e. The average Bonchev–Trinajstić information content (AvgIpc) is 2.65. The zero-order valence-corrected chi connectivity index (χ0v) is 17.0. The highest BCUT2D eigenvalue weighted by Gasteiger charge is 2.32. The van der Waals surface area contributed by atoms with Gasteiger partial charge in [0.15, 0.2) is 12.4 Å². The van der Waals surface area contributed by atoms with E-state index < -0.39 is 17.5 Å². The van der Waals surface area contributed by atoms with Gasteiger partial charge in [0.2, 0.25) is 0 Å². The summed E-state index contributed by atoms with van der Waals surface area (Å²) < 4.78 is 5.34. The number of rotatable bonds is 3. The first-order valence-electron chi connectivity index (χ1n) is 9.80. The number of carbonyl (C=O) groups excluding carboxylic acids is 3. The van der Waals surface area contributed by atoms with Crippen molar-refractivity contribution in [3.63, 3.8) is 0 Å². The second-order valence-corrected chi connectivity index (χ2v) is 8.63. The third-order valence-electron chi connectivity index (χ3n) is 5.45. The molecule has 0 saturated heterocycles. The van der Waals surface area contributed by atoms with Gasteiger partial charge in [0, 0.05) is 17.7 Å². The monoisotopic (exact) mass is 409 g/mol. The van der Waals surface area contributed by atoms with Crippen LogP contribution in [0.2, 0.25) is 0 Å². The van der Waals surface area contributed by atoms with Crippen LogP contribution in [0.4, 0.5) is 5.69 Å². The Morgan fingerprint density at radius 3 is 2.70 bits per heavy atom. The molecule has 2 aromatic rings. The van der Waals surface area contributed by atoms with Gasteiger partial charge in [-0.3, -0.25) is 19.2 Å². The fourth-order valence-corrected chi connectivity index (χ4v) is 3.92. The minimum Gasteiger partial charge on any atom is -0.482 e. The Balaban J connectivity index is 1.57. The van der Waals surface area contributed by atoms with Crippen molar-refractivity contribution in [2.45, 2.75) is 39.7 Å². The second-order valence-electron chi connectivity index (χ2n) is 8.63. The van der Waals surface area contributed by atoms with E-state index in [9.17, 15) is 19.2 Å². The van der Waals surface area contributed by atoms with Crippen LogP contribution in [0.15, 0.2) is 29.1 Å². The molecule has 2 heterocycles. The molecule has 1 aliphatic carbocycles. The fraction of sp³-hybridized carbons (Fsp3) is 0.364.